The quantitative estimate of drug-likeness (QED) is 0.314. The van der Waals surface area contributed by atoms with Crippen molar-refractivity contribution in [1.29, 1.82) is 0 Å². The second-order valence-corrected chi connectivity index (χ2v) is 14.5. The van der Waals surface area contributed by atoms with Gasteiger partial charge in [-0.05, 0) is 86.6 Å². The molecule has 0 bridgehead atoms. The lowest BCUT2D eigenvalue weighted by molar-refractivity contribution is 0.0554. The fourth-order valence-corrected chi connectivity index (χ4v) is 9.28. The van der Waals surface area contributed by atoms with Gasteiger partial charge in [0.05, 0.1) is 27.1 Å². The van der Waals surface area contributed by atoms with E-state index in [-0.39, 0.29) is 6.10 Å². The molecule has 0 radical (unpaired) electrons. The summed E-state index contributed by atoms with van der Waals surface area (Å²) in [4.78, 5) is 15.8. The van der Waals surface area contributed by atoms with Crippen molar-refractivity contribution in [2.24, 2.45) is 17.8 Å². The Morgan fingerprint density at radius 3 is 2.50 bits per heavy atom. The summed E-state index contributed by atoms with van der Waals surface area (Å²) in [5.74, 6) is 1.83. The standard InChI is InChI=1S/C27H35Cl2N2O3PS/c1-6-30(7-2)19-10-13-26-25(16-19)33-27(32)31(20-9-12-22(28)23(29)15-20)35(26,36)34-24-14-18(5)8-11-21(24)17(3)4/h9-10,12-13,15-18,21,24H,6-8,11,14H2,1-5H3/t18-,21+,24-,35+/m0/s1. The van der Waals surface area contributed by atoms with Crippen LogP contribution in [0.5, 0.6) is 5.75 Å². The Hall–Kier alpha value is -1.30. The van der Waals surface area contributed by atoms with E-state index in [1.165, 1.54) is 11.1 Å². The van der Waals surface area contributed by atoms with Crippen LogP contribution in [0.25, 0.3) is 0 Å². The van der Waals surface area contributed by atoms with Gasteiger partial charge in [-0.1, -0.05) is 50.4 Å². The van der Waals surface area contributed by atoms with Gasteiger partial charge in [0.25, 0.3) is 0 Å². The van der Waals surface area contributed by atoms with E-state index in [4.69, 9.17) is 44.3 Å². The fraction of sp³-hybridized carbons (Fsp3) is 0.519. The van der Waals surface area contributed by atoms with Gasteiger partial charge in [-0.25, -0.2) is 9.46 Å². The number of ether oxygens (including phenoxy) is 1. The van der Waals surface area contributed by atoms with Crippen LogP contribution in [0, 0.1) is 17.8 Å². The van der Waals surface area contributed by atoms with Crippen LogP contribution < -0.4 is 19.6 Å². The van der Waals surface area contributed by atoms with Crippen molar-refractivity contribution in [3.63, 3.8) is 0 Å². The monoisotopic (exact) mass is 568 g/mol. The molecule has 2 aromatic rings. The minimum absolute atomic E-state index is 0.0499. The van der Waals surface area contributed by atoms with E-state index in [0.29, 0.717) is 39.2 Å². The molecule has 0 saturated heterocycles. The van der Waals surface area contributed by atoms with Crippen molar-refractivity contribution in [2.75, 3.05) is 22.7 Å². The Kier molecular flexibility index (Phi) is 8.63. The highest BCUT2D eigenvalue weighted by Crippen LogP contribution is 2.60. The lowest BCUT2D eigenvalue weighted by Gasteiger charge is -2.44. The Balaban J connectivity index is 1.86. The highest BCUT2D eigenvalue weighted by atomic mass is 35.5. The molecule has 0 N–H and O–H groups in total. The van der Waals surface area contributed by atoms with Gasteiger partial charge >= 0.3 is 6.09 Å². The fourth-order valence-electron chi connectivity index (χ4n) is 5.35. The third-order valence-electron chi connectivity index (χ3n) is 7.40. The Morgan fingerprint density at radius 1 is 1.14 bits per heavy atom. The van der Waals surface area contributed by atoms with Crippen molar-refractivity contribution in [3.8, 4) is 5.75 Å². The van der Waals surface area contributed by atoms with Crippen LogP contribution in [0.4, 0.5) is 16.2 Å². The number of fused-ring (bicyclic) bond motifs is 1. The van der Waals surface area contributed by atoms with E-state index >= 15 is 0 Å². The minimum atomic E-state index is -3.09. The summed E-state index contributed by atoms with van der Waals surface area (Å²) in [6.07, 6.45) is -0.517. The molecule has 1 amide bonds. The molecule has 36 heavy (non-hydrogen) atoms. The SMILES string of the molecule is CCN(CC)c1ccc2c(c1)OC(=O)N(c1ccc(Cl)c(Cl)c1)[P@@]2(=S)O[C@H]1C[C@@H](C)CC[C@@H]1C(C)C. The largest absolute Gasteiger partial charge is 0.425 e. The van der Waals surface area contributed by atoms with Crippen molar-refractivity contribution >= 4 is 64.2 Å². The summed E-state index contributed by atoms with van der Waals surface area (Å²) in [7, 11) is 0. The van der Waals surface area contributed by atoms with E-state index in [1.54, 1.807) is 18.2 Å². The van der Waals surface area contributed by atoms with Crippen LogP contribution in [0.3, 0.4) is 0 Å². The molecule has 1 heterocycles. The zero-order chi connectivity index (χ0) is 26.2. The highest BCUT2D eigenvalue weighted by Gasteiger charge is 2.46. The third-order valence-corrected chi connectivity index (χ3v) is 11.9. The molecular formula is C27H35Cl2N2O3PS. The lowest BCUT2D eigenvalue weighted by atomic mass is 9.75. The van der Waals surface area contributed by atoms with Crippen molar-refractivity contribution in [3.05, 3.63) is 46.4 Å². The van der Waals surface area contributed by atoms with Crippen molar-refractivity contribution in [2.45, 2.75) is 60.0 Å². The molecule has 0 unspecified atom stereocenters. The smallest absolute Gasteiger partial charge is 0.409 e. The maximum absolute atomic E-state index is 13.6. The van der Waals surface area contributed by atoms with Gasteiger partial charge in [-0.2, -0.15) is 0 Å². The highest BCUT2D eigenvalue weighted by molar-refractivity contribution is 8.17. The average Bonchev–Trinajstić information content (AvgIpc) is 2.81. The zero-order valence-electron chi connectivity index (χ0n) is 21.5. The van der Waals surface area contributed by atoms with Crippen molar-refractivity contribution in [1.82, 2.24) is 0 Å². The number of halogens is 2. The number of hydrogen-bond donors (Lipinski definition) is 0. The maximum Gasteiger partial charge on any atom is 0.425 e. The van der Waals surface area contributed by atoms with Gasteiger partial charge in [0.15, 0.2) is 6.42 Å². The average molecular weight is 570 g/mol. The summed E-state index contributed by atoms with van der Waals surface area (Å²) in [6.45, 7) is 12.6. The number of anilines is 2. The molecule has 1 aliphatic heterocycles. The first-order chi connectivity index (χ1) is 17.1. The first-order valence-corrected chi connectivity index (χ1v) is 16.2. The molecule has 2 aliphatic rings. The third kappa shape index (κ3) is 5.31. The first-order valence-electron chi connectivity index (χ1n) is 12.7. The normalized spacial score (nSPS) is 26.1. The lowest BCUT2D eigenvalue weighted by Crippen LogP contribution is -2.44. The van der Waals surface area contributed by atoms with E-state index in [1.807, 2.05) is 18.2 Å². The van der Waals surface area contributed by atoms with E-state index in [0.717, 1.165) is 36.9 Å². The molecular weight excluding hydrogens is 534 g/mol. The van der Waals surface area contributed by atoms with Gasteiger partial charge in [0.2, 0.25) is 0 Å². The molecule has 9 heteroatoms. The maximum atomic E-state index is 13.6. The Bertz CT molecular complexity index is 1170. The molecule has 0 spiro atoms. The van der Waals surface area contributed by atoms with Gasteiger partial charge in [0, 0.05) is 24.8 Å². The molecule has 1 saturated carbocycles. The van der Waals surface area contributed by atoms with Crippen LogP contribution in [0.2, 0.25) is 10.0 Å². The van der Waals surface area contributed by atoms with Crippen LogP contribution >= 0.6 is 29.6 Å². The second kappa shape index (κ2) is 11.2. The summed E-state index contributed by atoms with van der Waals surface area (Å²) in [6, 6.07) is 11.0. The number of carbonyl (C=O) groups is 1. The zero-order valence-corrected chi connectivity index (χ0v) is 24.8. The topological polar surface area (TPSA) is 42.0 Å². The van der Waals surface area contributed by atoms with E-state index in [9.17, 15) is 4.79 Å². The Labute approximate surface area is 230 Å². The number of nitrogens with zero attached hydrogens (tertiary/aromatic N) is 2. The summed E-state index contributed by atoms with van der Waals surface area (Å²) in [5.41, 5.74) is 1.52. The van der Waals surface area contributed by atoms with Gasteiger partial charge in [-0.3, -0.25) is 0 Å². The Morgan fingerprint density at radius 2 is 1.86 bits per heavy atom. The number of amides is 1. The molecule has 4 atom stereocenters. The van der Waals surface area contributed by atoms with Gasteiger partial charge in [-0.15, -0.1) is 0 Å². The number of carbonyl (C=O) groups excluding carboxylic acids is 1. The molecule has 0 aromatic heterocycles. The summed E-state index contributed by atoms with van der Waals surface area (Å²) < 4.78 is 14.4. The van der Waals surface area contributed by atoms with E-state index < -0.39 is 12.5 Å². The van der Waals surface area contributed by atoms with Gasteiger partial charge < -0.3 is 14.2 Å². The predicted octanol–water partition coefficient (Wildman–Crippen LogP) is 8.27. The molecule has 2 aromatic carbocycles. The predicted molar refractivity (Wildman–Crippen MR) is 155 cm³/mol. The van der Waals surface area contributed by atoms with Gasteiger partial charge in [0.1, 0.15) is 5.75 Å². The number of benzene rings is 2. The number of rotatable bonds is 7. The first kappa shape index (κ1) is 27.7. The molecule has 5 nitrogen and oxygen atoms in total. The van der Waals surface area contributed by atoms with Crippen LogP contribution in [0.1, 0.15) is 53.9 Å². The van der Waals surface area contributed by atoms with Crippen LogP contribution in [0.15, 0.2) is 36.4 Å². The molecule has 1 aliphatic carbocycles. The summed E-state index contributed by atoms with van der Waals surface area (Å²) >= 11 is 19.0. The number of hydrogen-bond acceptors (Lipinski definition) is 5. The van der Waals surface area contributed by atoms with E-state index in [2.05, 4.69) is 39.5 Å². The summed E-state index contributed by atoms with van der Waals surface area (Å²) in [5, 5.41) is 1.50. The van der Waals surface area contributed by atoms with Crippen molar-refractivity contribution < 1.29 is 14.1 Å². The second-order valence-electron chi connectivity index (χ2n) is 10.1. The van der Waals surface area contributed by atoms with Crippen LogP contribution in [-0.2, 0) is 16.3 Å². The molecule has 1 fully saturated rings. The van der Waals surface area contributed by atoms with Crippen LogP contribution in [-0.4, -0.2) is 25.3 Å². The molecule has 196 valence electrons. The molecule has 4 rings (SSSR count). The minimum Gasteiger partial charge on any atom is -0.409 e.